The Labute approximate surface area is 124 Å². The van der Waals surface area contributed by atoms with E-state index in [1.54, 1.807) is 0 Å². The fourth-order valence-corrected chi connectivity index (χ4v) is 2.17. The zero-order valence-electron chi connectivity index (χ0n) is 12.6. The minimum atomic E-state index is -0.495. The van der Waals surface area contributed by atoms with Crippen LogP contribution in [0.3, 0.4) is 0 Å². The van der Waals surface area contributed by atoms with Gasteiger partial charge in [0.25, 0.3) is 0 Å². The van der Waals surface area contributed by atoms with Crippen LogP contribution in [0, 0.1) is 10.8 Å². The first kappa shape index (κ1) is 16.2. The van der Waals surface area contributed by atoms with Crippen molar-refractivity contribution in [3.05, 3.63) is 34.3 Å². The van der Waals surface area contributed by atoms with Crippen LogP contribution in [0.25, 0.3) is 0 Å². The van der Waals surface area contributed by atoms with Gasteiger partial charge in [-0.25, -0.2) is 0 Å². The number of benzene rings is 1. The van der Waals surface area contributed by atoms with Crippen molar-refractivity contribution in [1.29, 1.82) is 0 Å². The molecule has 0 saturated carbocycles. The van der Waals surface area contributed by atoms with Crippen LogP contribution in [-0.4, -0.2) is 5.97 Å². The number of hydrogen-bond donors (Lipinski definition) is 0. The predicted octanol–water partition coefficient (Wildman–Crippen LogP) is 5.13. The van der Waals surface area contributed by atoms with E-state index < -0.39 is 5.41 Å². The van der Waals surface area contributed by atoms with Gasteiger partial charge in [0, 0.05) is 15.5 Å². The van der Waals surface area contributed by atoms with E-state index in [9.17, 15) is 4.79 Å². The van der Waals surface area contributed by atoms with E-state index in [0.717, 1.165) is 10.0 Å². The van der Waals surface area contributed by atoms with Crippen LogP contribution < -0.4 is 0 Å². The Morgan fingerprint density at radius 2 is 1.63 bits per heavy atom. The second kappa shape index (κ2) is 5.66. The lowest BCUT2D eigenvalue weighted by atomic mass is 9.84. The molecular formula is C16H23BrO2. The fourth-order valence-electron chi connectivity index (χ4n) is 1.68. The van der Waals surface area contributed by atoms with Crippen molar-refractivity contribution in [3.63, 3.8) is 0 Å². The predicted molar refractivity (Wildman–Crippen MR) is 81.9 cm³/mol. The summed E-state index contributed by atoms with van der Waals surface area (Å²) < 4.78 is 6.75. The van der Waals surface area contributed by atoms with Crippen molar-refractivity contribution in [3.8, 4) is 0 Å². The Kier molecular flexibility index (Phi) is 4.83. The maximum Gasteiger partial charge on any atom is 0.311 e. The molecule has 1 aromatic rings. The highest BCUT2D eigenvalue weighted by Gasteiger charge is 2.34. The van der Waals surface area contributed by atoms with Crippen LogP contribution in [-0.2, 0) is 9.53 Å². The molecule has 1 atom stereocenters. The van der Waals surface area contributed by atoms with Crippen LogP contribution in [0.1, 0.15) is 53.2 Å². The van der Waals surface area contributed by atoms with Crippen molar-refractivity contribution in [2.45, 2.75) is 47.6 Å². The van der Waals surface area contributed by atoms with Gasteiger partial charge < -0.3 is 4.74 Å². The minimum absolute atomic E-state index is 0.162. The molecule has 19 heavy (non-hydrogen) atoms. The molecule has 0 aliphatic carbocycles. The summed E-state index contributed by atoms with van der Waals surface area (Å²) in [5, 5.41) is 0. The van der Waals surface area contributed by atoms with Crippen molar-refractivity contribution in [1.82, 2.24) is 0 Å². The second-order valence-electron chi connectivity index (χ2n) is 6.92. The van der Waals surface area contributed by atoms with E-state index in [1.165, 1.54) is 0 Å². The molecule has 1 aromatic carbocycles. The van der Waals surface area contributed by atoms with E-state index in [-0.39, 0.29) is 17.5 Å². The molecule has 0 aliphatic heterocycles. The van der Waals surface area contributed by atoms with Gasteiger partial charge in [-0.3, -0.25) is 4.79 Å². The van der Waals surface area contributed by atoms with Crippen molar-refractivity contribution >= 4 is 21.9 Å². The summed E-state index contributed by atoms with van der Waals surface area (Å²) in [7, 11) is 0. The molecule has 0 aromatic heterocycles. The van der Waals surface area contributed by atoms with Crippen LogP contribution in [0.5, 0.6) is 0 Å². The van der Waals surface area contributed by atoms with Gasteiger partial charge in [-0.15, -0.1) is 0 Å². The topological polar surface area (TPSA) is 26.3 Å². The van der Waals surface area contributed by atoms with Gasteiger partial charge in [-0.1, -0.05) is 54.9 Å². The number of hydrogen-bond acceptors (Lipinski definition) is 2. The van der Waals surface area contributed by atoms with Gasteiger partial charge in [-0.05, 0) is 26.8 Å². The maximum absolute atomic E-state index is 12.2. The minimum Gasteiger partial charge on any atom is -0.456 e. The highest BCUT2D eigenvalue weighted by Crippen LogP contribution is 2.40. The molecule has 1 rings (SSSR count). The molecule has 106 valence electrons. The third kappa shape index (κ3) is 4.34. The number of carbonyl (C=O) groups excluding carboxylic acids is 1. The van der Waals surface area contributed by atoms with Gasteiger partial charge >= 0.3 is 5.97 Å². The first-order chi connectivity index (χ1) is 8.53. The Morgan fingerprint density at radius 1 is 1.11 bits per heavy atom. The number of halogens is 1. The SMILES string of the molecule is CC(C)(C)C(=O)O[C@@H](c1ccccc1Br)C(C)(C)C. The summed E-state index contributed by atoms with van der Waals surface area (Å²) in [5.74, 6) is -0.178. The van der Waals surface area contributed by atoms with E-state index in [4.69, 9.17) is 4.74 Å². The molecular weight excluding hydrogens is 304 g/mol. The standard InChI is InChI=1S/C16H23BrO2/c1-15(2,3)13(19-14(18)16(4,5)6)11-9-7-8-10-12(11)17/h7-10,13H,1-6H3/t13-/m0/s1. The zero-order chi connectivity index (χ0) is 14.8. The molecule has 0 unspecified atom stereocenters. The monoisotopic (exact) mass is 326 g/mol. The molecule has 0 N–H and O–H groups in total. The van der Waals surface area contributed by atoms with Crippen LogP contribution in [0.2, 0.25) is 0 Å². The van der Waals surface area contributed by atoms with Crippen LogP contribution in [0.15, 0.2) is 28.7 Å². The summed E-state index contributed by atoms with van der Waals surface area (Å²) in [4.78, 5) is 12.2. The fraction of sp³-hybridized carbons (Fsp3) is 0.562. The second-order valence-corrected chi connectivity index (χ2v) is 7.78. The van der Waals surface area contributed by atoms with E-state index in [1.807, 2.05) is 45.0 Å². The summed E-state index contributed by atoms with van der Waals surface area (Å²) >= 11 is 3.54. The third-order valence-electron chi connectivity index (χ3n) is 2.81. The molecule has 2 nitrogen and oxygen atoms in total. The van der Waals surface area contributed by atoms with Crippen molar-refractivity contribution < 1.29 is 9.53 Å². The highest BCUT2D eigenvalue weighted by molar-refractivity contribution is 9.10. The molecule has 0 amide bonds. The number of ether oxygens (including phenoxy) is 1. The lowest BCUT2D eigenvalue weighted by Crippen LogP contribution is -2.30. The van der Waals surface area contributed by atoms with Crippen molar-refractivity contribution in [2.24, 2.45) is 10.8 Å². The highest BCUT2D eigenvalue weighted by atomic mass is 79.9. The van der Waals surface area contributed by atoms with Gasteiger partial charge in [-0.2, -0.15) is 0 Å². The molecule has 0 aliphatic rings. The lowest BCUT2D eigenvalue weighted by Gasteiger charge is -2.33. The molecule has 0 bridgehead atoms. The van der Waals surface area contributed by atoms with Crippen molar-refractivity contribution in [2.75, 3.05) is 0 Å². The lowest BCUT2D eigenvalue weighted by molar-refractivity contribution is -0.165. The average Bonchev–Trinajstić information content (AvgIpc) is 2.24. The summed E-state index contributed by atoms with van der Waals surface area (Å²) in [6.45, 7) is 11.8. The first-order valence-corrected chi connectivity index (χ1v) is 7.28. The van der Waals surface area contributed by atoms with Crippen LogP contribution >= 0.6 is 15.9 Å². The molecule has 0 heterocycles. The zero-order valence-corrected chi connectivity index (χ0v) is 14.2. The molecule has 0 saturated heterocycles. The Bertz CT molecular complexity index is 453. The van der Waals surface area contributed by atoms with Gasteiger partial charge in [0.2, 0.25) is 0 Å². The largest absolute Gasteiger partial charge is 0.456 e. The van der Waals surface area contributed by atoms with Gasteiger partial charge in [0.05, 0.1) is 5.41 Å². The summed E-state index contributed by atoms with van der Waals surface area (Å²) in [5.41, 5.74) is 0.350. The molecule has 0 fully saturated rings. The van der Waals surface area contributed by atoms with E-state index in [0.29, 0.717) is 0 Å². The number of rotatable bonds is 2. The molecule has 3 heteroatoms. The smallest absolute Gasteiger partial charge is 0.311 e. The first-order valence-electron chi connectivity index (χ1n) is 6.49. The molecule has 0 spiro atoms. The number of esters is 1. The van der Waals surface area contributed by atoms with Gasteiger partial charge in [0.1, 0.15) is 6.10 Å². The van der Waals surface area contributed by atoms with Crippen LogP contribution in [0.4, 0.5) is 0 Å². The molecule has 0 radical (unpaired) electrons. The number of carbonyl (C=O) groups is 1. The quantitative estimate of drug-likeness (QED) is 0.704. The maximum atomic E-state index is 12.2. The average molecular weight is 327 g/mol. The van der Waals surface area contributed by atoms with E-state index >= 15 is 0 Å². The van der Waals surface area contributed by atoms with E-state index in [2.05, 4.69) is 36.7 Å². The third-order valence-corrected chi connectivity index (χ3v) is 3.53. The summed E-state index contributed by atoms with van der Waals surface area (Å²) in [6.07, 6.45) is -0.269. The van der Waals surface area contributed by atoms with Gasteiger partial charge in [0.15, 0.2) is 0 Å². The Morgan fingerprint density at radius 3 is 2.05 bits per heavy atom. The Balaban J connectivity index is 3.12. The Hall–Kier alpha value is -0.830. The summed E-state index contributed by atoms with van der Waals surface area (Å²) in [6, 6.07) is 7.89. The normalized spacial score (nSPS) is 14.1.